The Kier molecular flexibility index (Phi) is 4.40. The summed E-state index contributed by atoms with van der Waals surface area (Å²) in [5.41, 5.74) is 1.46. The minimum Gasteiger partial charge on any atom is -0.466 e. The number of oxazole rings is 1. The molecule has 0 aliphatic heterocycles. The quantitative estimate of drug-likeness (QED) is 0.805. The zero-order chi connectivity index (χ0) is 13.5. The lowest BCUT2D eigenvalue weighted by atomic mass is 10.1. The molecule has 0 aliphatic rings. The molecular weight excluding hydrogens is 242 g/mol. The van der Waals surface area contributed by atoms with E-state index in [4.69, 9.17) is 14.4 Å². The molecule has 0 fully saturated rings. The minimum absolute atomic E-state index is 0.146. The normalized spacial score (nSPS) is 9.89. The summed E-state index contributed by atoms with van der Waals surface area (Å²) in [5.74, 6) is 0.146. The van der Waals surface area contributed by atoms with Crippen LogP contribution < -0.4 is 10.1 Å². The summed E-state index contributed by atoms with van der Waals surface area (Å²) in [6.45, 7) is 0.726. The Hall–Kier alpha value is -2.48. The number of nitrogens with zero attached hydrogens (tertiary/aromatic N) is 2. The molecule has 19 heavy (non-hydrogen) atoms. The van der Waals surface area contributed by atoms with Crippen LogP contribution in [0.1, 0.15) is 17.7 Å². The maximum Gasteiger partial charge on any atom is 0.325 e. The summed E-state index contributed by atoms with van der Waals surface area (Å²) in [6.07, 6.45) is 1.94. The summed E-state index contributed by atoms with van der Waals surface area (Å²) in [4.78, 5) is 3.98. The fourth-order valence-corrected chi connectivity index (χ4v) is 1.72. The van der Waals surface area contributed by atoms with E-state index in [-0.39, 0.29) is 11.6 Å². The Bertz CT molecular complexity index is 558. The average molecular weight is 257 g/mol. The molecule has 0 unspecified atom stereocenters. The van der Waals surface area contributed by atoms with Crippen molar-refractivity contribution in [2.75, 3.05) is 19.0 Å². The van der Waals surface area contributed by atoms with Crippen molar-refractivity contribution in [3.05, 3.63) is 41.6 Å². The van der Waals surface area contributed by atoms with E-state index in [2.05, 4.69) is 22.4 Å². The number of anilines is 1. The van der Waals surface area contributed by atoms with Crippen molar-refractivity contribution in [1.82, 2.24) is 4.98 Å². The number of benzene rings is 1. The van der Waals surface area contributed by atoms with Gasteiger partial charge in [-0.15, -0.1) is 0 Å². The maximum atomic E-state index is 8.80. The molecule has 0 saturated carbocycles. The molecule has 2 rings (SSSR count). The number of aryl methyl sites for hydroxylation is 1. The number of rotatable bonds is 6. The van der Waals surface area contributed by atoms with Gasteiger partial charge in [0.15, 0.2) is 0 Å². The van der Waals surface area contributed by atoms with Gasteiger partial charge in [0.1, 0.15) is 6.07 Å². The first kappa shape index (κ1) is 13.0. The fourth-order valence-electron chi connectivity index (χ4n) is 1.72. The molecule has 0 radical (unpaired) electrons. The van der Waals surface area contributed by atoms with Gasteiger partial charge in [-0.2, -0.15) is 10.2 Å². The molecule has 2 aromatic rings. The van der Waals surface area contributed by atoms with Crippen LogP contribution in [0.2, 0.25) is 0 Å². The van der Waals surface area contributed by atoms with E-state index in [1.165, 1.54) is 12.7 Å². The Labute approximate surface area is 111 Å². The van der Waals surface area contributed by atoms with Crippen LogP contribution in [0, 0.1) is 11.3 Å². The first-order valence-electron chi connectivity index (χ1n) is 6.06. The summed E-state index contributed by atoms with van der Waals surface area (Å²) in [5, 5.41) is 11.8. The van der Waals surface area contributed by atoms with Crippen molar-refractivity contribution in [2.24, 2.45) is 0 Å². The van der Waals surface area contributed by atoms with E-state index in [1.807, 2.05) is 24.3 Å². The van der Waals surface area contributed by atoms with Gasteiger partial charge in [0, 0.05) is 6.54 Å². The number of nitriles is 1. The molecule has 0 saturated heterocycles. The van der Waals surface area contributed by atoms with Crippen LogP contribution in [-0.4, -0.2) is 18.6 Å². The lowest BCUT2D eigenvalue weighted by Gasteiger charge is -2.02. The number of nitrogens with one attached hydrogen (secondary N) is 1. The fraction of sp³-hybridized carbons (Fsp3) is 0.286. The van der Waals surface area contributed by atoms with Gasteiger partial charge in [-0.3, -0.25) is 0 Å². The highest BCUT2D eigenvalue weighted by molar-refractivity contribution is 5.36. The molecule has 98 valence electrons. The van der Waals surface area contributed by atoms with Crippen LogP contribution in [0.25, 0.3) is 0 Å². The highest BCUT2D eigenvalue weighted by atomic mass is 16.6. The Morgan fingerprint density at radius 2 is 2.16 bits per heavy atom. The van der Waals surface area contributed by atoms with E-state index in [0.29, 0.717) is 6.01 Å². The third-order valence-electron chi connectivity index (χ3n) is 2.65. The van der Waals surface area contributed by atoms with Crippen LogP contribution >= 0.6 is 0 Å². The number of methoxy groups -OCH3 is 1. The predicted molar refractivity (Wildman–Crippen MR) is 71.0 cm³/mol. The summed E-state index contributed by atoms with van der Waals surface area (Å²) < 4.78 is 10.1. The topological polar surface area (TPSA) is 71.1 Å². The molecule has 5 heteroatoms. The van der Waals surface area contributed by atoms with E-state index >= 15 is 0 Å². The van der Waals surface area contributed by atoms with Gasteiger partial charge >= 0.3 is 5.95 Å². The minimum atomic E-state index is 0.146. The molecular formula is C14H15N3O2. The van der Waals surface area contributed by atoms with E-state index in [1.54, 1.807) is 0 Å². The molecule has 0 atom stereocenters. The zero-order valence-corrected chi connectivity index (χ0v) is 10.7. The van der Waals surface area contributed by atoms with E-state index in [9.17, 15) is 0 Å². The van der Waals surface area contributed by atoms with Crippen LogP contribution in [0.3, 0.4) is 0 Å². The lowest BCUT2D eigenvalue weighted by Crippen LogP contribution is -2.03. The van der Waals surface area contributed by atoms with Crippen molar-refractivity contribution in [3.8, 4) is 12.0 Å². The molecule has 1 aromatic heterocycles. The SMILES string of the molecule is COc1oc(NCCCc2ccccc2)nc1C#N. The van der Waals surface area contributed by atoms with Crippen LogP contribution in [0.5, 0.6) is 5.95 Å². The second-order valence-corrected chi connectivity index (χ2v) is 3.99. The van der Waals surface area contributed by atoms with Gasteiger partial charge in [0.2, 0.25) is 5.69 Å². The monoisotopic (exact) mass is 257 g/mol. The van der Waals surface area contributed by atoms with Crippen LogP contribution in [0.4, 0.5) is 6.01 Å². The third-order valence-corrected chi connectivity index (χ3v) is 2.65. The van der Waals surface area contributed by atoms with Crippen molar-refractivity contribution >= 4 is 6.01 Å². The third kappa shape index (κ3) is 3.49. The van der Waals surface area contributed by atoms with Crippen LogP contribution in [-0.2, 0) is 6.42 Å². The number of ether oxygens (including phenoxy) is 1. The average Bonchev–Trinajstić information content (AvgIpc) is 2.87. The first-order chi connectivity index (χ1) is 9.33. The molecule has 5 nitrogen and oxygen atoms in total. The van der Waals surface area contributed by atoms with Crippen molar-refractivity contribution in [1.29, 1.82) is 5.26 Å². The molecule has 1 heterocycles. The summed E-state index contributed by atoms with van der Waals surface area (Å²) >= 11 is 0. The molecule has 1 aromatic carbocycles. The Morgan fingerprint density at radius 1 is 1.37 bits per heavy atom. The van der Waals surface area contributed by atoms with Gasteiger partial charge in [-0.1, -0.05) is 30.3 Å². The van der Waals surface area contributed by atoms with Crippen molar-refractivity contribution in [2.45, 2.75) is 12.8 Å². The number of hydrogen-bond donors (Lipinski definition) is 1. The smallest absolute Gasteiger partial charge is 0.325 e. The van der Waals surface area contributed by atoms with Crippen LogP contribution in [0.15, 0.2) is 34.7 Å². The van der Waals surface area contributed by atoms with Gasteiger partial charge in [0.25, 0.3) is 6.01 Å². The number of hydrogen-bond acceptors (Lipinski definition) is 5. The molecule has 0 bridgehead atoms. The standard InChI is InChI=1S/C14H15N3O2/c1-18-13-12(10-15)17-14(19-13)16-9-5-8-11-6-3-2-4-7-11/h2-4,6-7H,5,8-9H2,1H3,(H,16,17). The zero-order valence-electron chi connectivity index (χ0n) is 10.7. The Morgan fingerprint density at radius 3 is 2.79 bits per heavy atom. The largest absolute Gasteiger partial charge is 0.466 e. The predicted octanol–water partition coefficient (Wildman–Crippen LogP) is 2.60. The van der Waals surface area contributed by atoms with Gasteiger partial charge < -0.3 is 14.5 Å². The second-order valence-electron chi connectivity index (χ2n) is 3.99. The highest BCUT2D eigenvalue weighted by Crippen LogP contribution is 2.21. The first-order valence-corrected chi connectivity index (χ1v) is 6.06. The molecule has 0 amide bonds. The maximum absolute atomic E-state index is 8.80. The van der Waals surface area contributed by atoms with E-state index < -0.39 is 0 Å². The lowest BCUT2D eigenvalue weighted by molar-refractivity contribution is 0.308. The van der Waals surface area contributed by atoms with Gasteiger partial charge in [-0.05, 0) is 18.4 Å². The van der Waals surface area contributed by atoms with Crippen molar-refractivity contribution in [3.63, 3.8) is 0 Å². The molecule has 0 spiro atoms. The van der Waals surface area contributed by atoms with Crippen molar-refractivity contribution < 1.29 is 9.15 Å². The second kappa shape index (κ2) is 6.45. The summed E-state index contributed by atoms with van der Waals surface area (Å²) in [7, 11) is 1.44. The Balaban J connectivity index is 1.80. The highest BCUT2D eigenvalue weighted by Gasteiger charge is 2.12. The molecule has 1 N–H and O–H groups in total. The van der Waals surface area contributed by atoms with E-state index in [0.717, 1.165) is 19.4 Å². The molecule has 0 aliphatic carbocycles. The number of aromatic nitrogens is 1. The van der Waals surface area contributed by atoms with Gasteiger partial charge in [0.05, 0.1) is 7.11 Å². The van der Waals surface area contributed by atoms with Gasteiger partial charge in [-0.25, -0.2) is 0 Å². The summed E-state index contributed by atoms with van der Waals surface area (Å²) in [6, 6.07) is 12.5.